The summed E-state index contributed by atoms with van der Waals surface area (Å²) < 4.78 is 6.63. The largest absolute Gasteiger partial charge is 0.339 e. The summed E-state index contributed by atoms with van der Waals surface area (Å²) in [5, 5.41) is 6.16. The van der Waals surface area contributed by atoms with Gasteiger partial charge in [-0.05, 0) is 42.8 Å². The third kappa shape index (κ3) is 2.24. The summed E-state index contributed by atoms with van der Waals surface area (Å²) in [6.45, 7) is 0.686. The molecule has 1 aliphatic rings. The van der Waals surface area contributed by atoms with E-state index in [1.165, 1.54) is 6.42 Å². The van der Waals surface area contributed by atoms with Crippen LogP contribution in [0.15, 0.2) is 28.2 Å². The first kappa shape index (κ1) is 12.9. The van der Waals surface area contributed by atoms with E-state index in [4.69, 9.17) is 10.3 Å². The topological polar surface area (TPSA) is 77.8 Å². The van der Waals surface area contributed by atoms with Gasteiger partial charge in [-0.25, -0.2) is 0 Å². The van der Waals surface area contributed by atoms with E-state index >= 15 is 0 Å². The minimum Gasteiger partial charge on any atom is -0.339 e. The molecule has 6 heteroatoms. The van der Waals surface area contributed by atoms with Crippen LogP contribution >= 0.6 is 11.3 Å². The maximum absolute atomic E-state index is 5.83. The molecule has 0 bridgehead atoms. The van der Waals surface area contributed by atoms with Crippen molar-refractivity contribution in [3.63, 3.8) is 0 Å². The highest BCUT2D eigenvalue weighted by Crippen LogP contribution is 2.38. The van der Waals surface area contributed by atoms with Crippen LogP contribution in [0.25, 0.3) is 21.6 Å². The number of hydrogen-bond donors (Lipinski definition) is 1. The summed E-state index contributed by atoms with van der Waals surface area (Å²) in [6, 6.07) is 4.08. The van der Waals surface area contributed by atoms with Crippen LogP contribution in [0.1, 0.15) is 31.1 Å². The molecule has 5 nitrogen and oxygen atoms in total. The Labute approximate surface area is 126 Å². The molecule has 21 heavy (non-hydrogen) atoms. The number of hydrogen-bond acceptors (Lipinski definition) is 6. The van der Waals surface area contributed by atoms with Gasteiger partial charge in [-0.3, -0.25) is 4.98 Å². The van der Waals surface area contributed by atoms with Crippen molar-refractivity contribution in [3.05, 3.63) is 29.6 Å². The van der Waals surface area contributed by atoms with Crippen LogP contribution in [0, 0.1) is 5.92 Å². The molecule has 4 rings (SSSR count). The second-order valence-corrected chi connectivity index (χ2v) is 6.47. The lowest BCUT2D eigenvalue weighted by atomic mass is 9.96. The van der Waals surface area contributed by atoms with E-state index < -0.39 is 0 Å². The van der Waals surface area contributed by atoms with Crippen LogP contribution in [-0.4, -0.2) is 21.7 Å². The smallest absolute Gasteiger partial charge is 0.230 e. The molecule has 0 saturated heterocycles. The molecular formula is C15H16N4OS. The van der Waals surface area contributed by atoms with Crippen molar-refractivity contribution in [2.75, 3.05) is 6.54 Å². The Bertz CT molecular complexity index is 766. The van der Waals surface area contributed by atoms with E-state index in [2.05, 4.69) is 21.2 Å². The zero-order valence-corrected chi connectivity index (χ0v) is 12.3. The molecule has 3 heterocycles. The van der Waals surface area contributed by atoms with Gasteiger partial charge in [-0.2, -0.15) is 4.98 Å². The number of aromatic nitrogens is 3. The highest BCUT2D eigenvalue weighted by Gasteiger charge is 2.32. The third-order valence-corrected chi connectivity index (χ3v) is 5.13. The number of rotatable bonds is 3. The van der Waals surface area contributed by atoms with Crippen LogP contribution in [0.2, 0.25) is 0 Å². The van der Waals surface area contributed by atoms with E-state index in [-0.39, 0.29) is 0 Å². The van der Waals surface area contributed by atoms with Gasteiger partial charge in [0.05, 0.1) is 10.2 Å². The van der Waals surface area contributed by atoms with E-state index in [1.54, 1.807) is 17.5 Å². The Morgan fingerprint density at radius 2 is 2.33 bits per heavy atom. The number of thiophene rings is 1. The monoisotopic (exact) mass is 300 g/mol. The van der Waals surface area contributed by atoms with Gasteiger partial charge in [0.25, 0.3) is 0 Å². The molecule has 3 aromatic rings. The van der Waals surface area contributed by atoms with Crippen molar-refractivity contribution in [3.8, 4) is 11.4 Å². The van der Waals surface area contributed by atoms with Crippen molar-refractivity contribution in [2.24, 2.45) is 11.7 Å². The fourth-order valence-electron chi connectivity index (χ4n) is 3.12. The average Bonchev–Trinajstić information content (AvgIpc) is 3.24. The van der Waals surface area contributed by atoms with Crippen LogP contribution in [0.4, 0.5) is 0 Å². The molecule has 0 aliphatic heterocycles. The molecule has 0 amide bonds. The van der Waals surface area contributed by atoms with Gasteiger partial charge in [0.1, 0.15) is 0 Å². The minimum absolute atomic E-state index is 0.315. The second-order valence-electron chi connectivity index (χ2n) is 5.52. The van der Waals surface area contributed by atoms with Crippen LogP contribution < -0.4 is 5.73 Å². The summed E-state index contributed by atoms with van der Waals surface area (Å²) in [5.74, 6) is 2.13. The molecule has 1 fully saturated rings. The summed E-state index contributed by atoms with van der Waals surface area (Å²) >= 11 is 1.67. The van der Waals surface area contributed by atoms with Gasteiger partial charge < -0.3 is 10.3 Å². The van der Waals surface area contributed by atoms with E-state index in [0.717, 1.165) is 34.5 Å². The molecule has 2 N–H and O–H groups in total. The lowest BCUT2D eigenvalue weighted by Gasteiger charge is -2.12. The molecule has 2 atom stereocenters. The Kier molecular flexibility index (Phi) is 3.20. The number of fused-ring (bicyclic) bond motifs is 1. The fraction of sp³-hybridized carbons (Fsp3) is 0.400. The zero-order chi connectivity index (χ0) is 14.2. The second kappa shape index (κ2) is 5.20. The number of pyridine rings is 1. The van der Waals surface area contributed by atoms with Crippen LogP contribution in [0.5, 0.6) is 0 Å². The van der Waals surface area contributed by atoms with E-state index in [0.29, 0.717) is 24.2 Å². The molecule has 2 unspecified atom stereocenters. The lowest BCUT2D eigenvalue weighted by Crippen LogP contribution is -2.17. The van der Waals surface area contributed by atoms with Gasteiger partial charge in [-0.1, -0.05) is 11.6 Å². The maximum atomic E-state index is 5.83. The van der Waals surface area contributed by atoms with Gasteiger partial charge in [0.15, 0.2) is 0 Å². The quantitative estimate of drug-likeness (QED) is 0.803. The fourth-order valence-corrected chi connectivity index (χ4v) is 3.90. The molecular weight excluding hydrogens is 284 g/mol. The maximum Gasteiger partial charge on any atom is 0.230 e. The minimum atomic E-state index is 0.315. The normalized spacial score (nSPS) is 22.1. The highest BCUT2D eigenvalue weighted by atomic mass is 32.1. The molecule has 108 valence electrons. The molecule has 1 aliphatic carbocycles. The first-order valence-electron chi connectivity index (χ1n) is 7.22. The van der Waals surface area contributed by atoms with Crippen molar-refractivity contribution < 1.29 is 4.52 Å². The summed E-state index contributed by atoms with van der Waals surface area (Å²) in [4.78, 5) is 9.01. The SMILES string of the molecule is NCC1CCCC1c1nc(-c2cnc3ccsc3c2)no1. The lowest BCUT2D eigenvalue weighted by molar-refractivity contribution is 0.326. The Morgan fingerprint density at radius 3 is 3.24 bits per heavy atom. The Morgan fingerprint density at radius 1 is 1.38 bits per heavy atom. The Hall–Kier alpha value is -1.79. The summed E-state index contributed by atoms with van der Waals surface area (Å²) in [5.41, 5.74) is 7.74. The van der Waals surface area contributed by atoms with Gasteiger partial charge >= 0.3 is 0 Å². The van der Waals surface area contributed by atoms with E-state index in [1.807, 2.05) is 11.4 Å². The predicted molar refractivity (Wildman–Crippen MR) is 82.0 cm³/mol. The van der Waals surface area contributed by atoms with Gasteiger partial charge in [0, 0.05) is 17.7 Å². The Balaban J connectivity index is 1.67. The molecule has 0 radical (unpaired) electrons. The highest BCUT2D eigenvalue weighted by molar-refractivity contribution is 7.17. The first-order valence-corrected chi connectivity index (χ1v) is 8.10. The van der Waals surface area contributed by atoms with Crippen molar-refractivity contribution in [1.82, 2.24) is 15.1 Å². The van der Waals surface area contributed by atoms with E-state index in [9.17, 15) is 0 Å². The van der Waals surface area contributed by atoms with Crippen LogP contribution in [0.3, 0.4) is 0 Å². The summed E-state index contributed by atoms with van der Waals surface area (Å²) in [7, 11) is 0. The standard InChI is InChI=1S/C15H16N4OS/c16-7-9-2-1-3-11(9)15-18-14(19-20-15)10-6-13-12(17-8-10)4-5-21-13/h4-6,8-9,11H,1-3,7,16H2. The molecule has 0 spiro atoms. The van der Waals surface area contributed by atoms with Gasteiger partial charge in [-0.15, -0.1) is 11.3 Å². The van der Waals surface area contributed by atoms with Gasteiger partial charge in [0.2, 0.25) is 11.7 Å². The molecule has 0 aromatic carbocycles. The number of nitrogens with two attached hydrogens (primary N) is 1. The zero-order valence-electron chi connectivity index (χ0n) is 11.5. The molecule has 1 saturated carbocycles. The van der Waals surface area contributed by atoms with Crippen molar-refractivity contribution in [2.45, 2.75) is 25.2 Å². The third-order valence-electron chi connectivity index (χ3n) is 4.28. The van der Waals surface area contributed by atoms with Crippen molar-refractivity contribution in [1.29, 1.82) is 0 Å². The first-order chi connectivity index (χ1) is 10.3. The molecule has 3 aromatic heterocycles. The summed E-state index contributed by atoms with van der Waals surface area (Å²) in [6.07, 6.45) is 5.24. The number of nitrogens with zero attached hydrogens (tertiary/aromatic N) is 3. The average molecular weight is 300 g/mol. The predicted octanol–water partition coefficient (Wildman–Crippen LogP) is 3.19. The van der Waals surface area contributed by atoms with Crippen LogP contribution in [-0.2, 0) is 0 Å². The van der Waals surface area contributed by atoms with Crippen molar-refractivity contribution >= 4 is 21.6 Å².